The summed E-state index contributed by atoms with van der Waals surface area (Å²) in [6.07, 6.45) is -0.571. The van der Waals surface area contributed by atoms with Crippen molar-refractivity contribution in [1.82, 2.24) is 10.2 Å². The molecule has 0 spiro atoms. The van der Waals surface area contributed by atoms with E-state index in [0.717, 1.165) is 29.2 Å². The lowest BCUT2D eigenvalue weighted by Crippen LogP contribution is -2.37. The van der Waals surface area contributed by atoms with Crippen LogP contribution >= 0.6 is 0 Å². The van der Waals surface area contributed by atoms with E-state index >= 15 is 0 Å². The van der Waals surface area contributed by atoms with Gasteiger partial charge in [0.05, 0.1) is 7.11 Å². The van der Waals surface area contributed by atoms with Crippen molar-refractivity contribution < 1.29 is 14.6 Å². The minimum atomic E-state index is -0.571. The SMILES string of the molecule is COc1ccc([C@@H](CNC[C@H](O)COc2c(C)ccc(C)c2C)N(C)C)cc1. The quantitative estimate of drug-likeness (QED) is 0.656. The maximum Gasteiger partial charge on any atom is 0.125 e. The van der Waals surface area contributed by atoms with Crippen LogP contribution in [0.25, 0.3) is 0 Å². The van der Waals surface area contributed by atoms with E-state index in [4.69, 9.17) is 9.47 Å². The molecule has 2 rings (SSSR count). The van der Waals surface area contributed by atoms with Gasteiger partial charge in [0.15, 0.2) is 0 Å². The normalized spacial score (nSPS) is 13.4. The van der Waals surface area contributed by atoms with Crippen LogP contribution in [0, 0.1) is 20.8 Å². The smallest absolute Gasteiger partial charge is 0.125 e. The predicted octanol–water partition coefficient (Wildman–Crippen LogP) is 3.25. The Morgan fingerprint density at radius 1 is 0.964 bits per heavy atom. The van der Waals surface area contributed by atoms with Gasteiger partial charge in [-0.3, -0.25) is 0 Å². The number of aliphatic hydroxyl groups excluding tert-OH is 1. The summed E-state index contributed by atoms with van der Waals surface area (Å²) in [4.78, 5) is 2.16. The predicted molar refractivity (Wildman–Crippen MR) is 114 cm³/mol. The van der Waals surface area contributed by atoms with Crippen LogP contribution in [-0.4, -0.2) is 57.0 Å². The molecule has 0 aliphatic rings. The van der Waals surface area contributed by atoms with Crippen molar-refractivity contribution in [1.29, 1.82) is 0 Å². The van der Waals surface area contributed by atoms with E-state index in [1.54, 1.807) is 7.11 Å². The molecule has 0 amide bonds. The van der Waals surface area contributed by atoms with E-state index in [1.807, 2.05) is 19.1 Å². The third-order valence-electron chi connectivity index (χ3n) is 5.14. The number of likely N-dealkylation sites (N-methyl/N-ethyl adjacent to an activating group) is 1. The first-order valence-electron chi connectivity index (χ1n) is 9.72. The molecule has 0 aromatic heterocycles. The molecule has 0 heterocycles. The molecule has 0 aliphatic heterocycles. The highest BCUT2D eigenvalue weighted by molar-refractivity contribution is 5.44. The van der Waals surface area contributed by atoms with Gasteiger partial charge in [-0.05, 0) is 69.3 Å². The van der Waals surface area contributed by atoms with Crippen molar-refractivity contribution in [2.45, 2.75) is 32.9 Å². The highest BCUT2D eigenvalue weighted by Crippen LogP contribution is 2.26. The Labute approximate surface area is 169 Å². The van der Waals surface area contributed by atoms with Crippen LogP contribution in [-0.2, 0) is 0 Å². The van der Waals surface area contributed by atoms with Gasteiger partial charge in [-0.25, -0.2) is 0 Å². The van der Waals surface area contributed by atoms with Crippen molar-refractivity contribution in [2.75, 3.05) is 40.9 Å². The van der Waals surface area contributed by atoms with E-state index < -0.39 is 6.10 Å². The number of methoxy groups -OCH3 is 1. The number of rotatable bonds is 10. The van der Waals surface area contributed by atoms with E-state index in [9.17, 15) is 5.11 Å². The molecule has 0 saturated heterocycles. The molecular weight excluding hydrogens is 352 g/mol. The maximum atomic E-state index is 10.3. The fraction of sp³-hybridized carbons (Fsp3) is 0.478. The largest absolute Gasteiger partial charge is 0.497 e. The summed E-state index contributed by atoms with van der Waals surface area (Å²) in [6.45, 7) is 7.64. The molecule has 2 aromatic carbocycles. The second-order valence-corrected chi connectivity index (χ2v) is 7.53. The zero-order valence-corrected chi connectivity index (χ0v) is 18.0. The van der Waals surface area contributed by atoms with E-state index in [0.29, 0.717) is 6.54 Å². The number of aryl methyl sites for hydroxylation is 2. The standard InChI is InChI=1S/C23H34N2O3/c1-16-7-8-17(2)23(18(16)3)28-15-20(26)13-24-14-22(25(4)5)19-9-11-21(27-6)12-10-19/h7-12,20,22,24,26H,13-15H2,1-6H3/t20-,22+/m0/s1. The van der Waals surface area contributed by atoms with Crippen LogP contribution in [0.3, 0.4) is 0 Å². The minimum absolute atomic E-state index is 0.209. The number of hydrogen-bond donors (Lipinski definition) is 2. The summed E-state index contributed by atoms with van der Waals surface area (Å²) in [5, 5.41) is 13.7. The van der Waals surface area contributed by atoms with Crippen molar-refractivity contribution >= 4 is 0 Å². The second kappa shape index (κ2) is 10.5. The lowest BCUT2D eigenvalue weighted by Gasteiger charge is -2.26. The van der Waals surface area contributed by atoms with E-state index in [1.165, 1.54) is 11.1 Å². The summed E-state index contributed by atoms with van der Waals surface area (Å²) < 4.78 is 11.1. The van der Waals surface area contributed by atoms with E-state index in [-0.39, 0.29) is 12.6 Å². The van der Waals surface area contributed by atoms with Crippen molar-refractivity contribution in [3.8, 4) is 11.5 Å². The number of aliphatic hydroxyl groups is 1. The van der Waals surface area contributed by atoms with Crippen molar-refractivity contribution in [2.24, 2.45) is 0 Å². The Kier molecular flexibility index (Phi) is 8.30. The summed E-state index contributed by atoms with van der Waals surface area (Å²) >= 11 is 0. The highest BCUT2D eigenvalue weighted by atomic mass is 16.5. The molecule has 0 fully saturated rings. The van der Waals surface area contributed by atoms with Gasteiger partial charge in [0.25, 0.3) is 0 Å². The van der Waals surface area contributed by atoms with Gasteiger partial charge >= 0.3 is 0 Å². The summed E-state index contributed by atoms with van der Waals surface area (Å²) in [6, 6.07) is 12.5. The molecule has 28 heavy (non-hydrogen) atoms. The van der Waals surface area contributed by atoms with Gasteiger partial charge in [-0.15, -0.1) is 0 Å². The van der Waals surface area contributed by atoms with Crippen LogP contribution in [0.1, 0.15) is 28.3 Å². The molecule has 0 aliphatic carbocycles. The molecule has 2 aromatic rings. The minimum Gasteiger partial charge on any atom is -0.497 e. The summed E-state index contributed by atoms with van der Waals surface area (Å²) in [5.74, 6) is 1.73. The molecule has 2 atom stereocenters. The van der Waals surface area contributed by atoms with Gasteiger partial charge < -0.3 is 24.8 Å². The Balaban J connectivity index is 1.86. The van der Waals surface area contributed by atoms with Crippen LogP contribution < -0.4 is 14.8 Å². The van der Waals surface area contributed by atoms with Crippen LogP contribution in [0.2, 0.25) is 0 Å². The summed E-state index contributed by atoms with van der Waals surface area (Å²) in [5.41, 5.74) is 4.62. The Hall–Kier alpha value is -2.08. The molecule has 0 saturated carbocycles. The van der Waals surface area contributed by atoms with Crippen LogP contribution in [0.5, 0.6) is 11.5 Å². The number of hydrogen-bond acceptors (Lipinski definition) is 5. The lowest BCUT2D eigenvalue weighted by molar-refractivity contribution is 0.103. The molecule has 5 nitrogen and oxygen atoms in total. The molecule has 2 N–H and O–H groups in total. The Bertz CT molecular complexity index is 744. The van der Waals surface area contributed by atoms with Crippen molar-refractivity contribution in [3.05, 3.63) is 58.7 Å². The average Bonchev–Trinajstić information content (AvgIpc) is 2.68. The summed E-state index contributed by atoms with van der Waals surface area (Å²) in [7, 11) is 5.78. The lowest BCUT2D eigenvalue weighted by atomic mass is 10.1. The highest BCUT2D eigenvalue weighted by Gasteiger charge is 2.15. The zero-order chi connectivity index (χ0) is 20.7. The third kappa shape index (κ3) is 5.96. The number of benzene rings is 2. The second-order valence-electron chi connectivity index (χ2n) is 7.53. The first-order chi connectivity index (χ1) is 13.3. The van der Waals surface area contributed by atoms with Gasteiger partial charge in [-0.2, -0.15) is 0 Å². The Morgan fingerprint density at radius 2 is 1.61 bits per heavy atom. The first kappa shape index (κ1) is 22.2. The molecule has 0 unspecified atom stereocenters. The molecule has 154 valence electrons. The molecule has 0 bridgehead atoms. The fourth-order valence-electron chi connectivity index (χ4n) is 3.20. The Morgan fingerprint density at radius 3 is 2.21 bits per heavy atom. The maximum absolute atomic E-state index is 10.3. The van der Waals surface area contributed by atoms with Gasteiger partial charge in [0, 0.05) is 19.1 Å². The molecular formula is C23H34N2O3. The molecule has 5 heteroatoms. The van der Waals surface area contributed by atoms with Crippen LogP contribution in [0.4, 0.5) is 0 Å². The monoisotopic (exact) mass is 386 g/mol. The average molecular weight is 387 g/mol. The van der Waals surface area contributed by atoms with E-state index in [2.05, 4.69) is 62.4 Å². The third-order valence-corrected chi connectivity index (χ3v) is 5.14. The van der Waals surface area contributed by atoms with Crippen molar-refractivity contribution in [3.63, 3.8) is 0 Å². The fourth-order valence-corrected chi connectivity index (χ4v) is 3.20. The number of ether oxygens (including phenoxy) is 2. The number of nitrogens with one attached hydrogen (secondary N) is 1. The topological polar surface area (TPSA) is 54.0 Å². The van der Waals surface area contributed by atoms with Crippen LogP contribution in [0.15, 0.2) is 36.4 Å². The first-order valence-corrected chi connectivity index (χ1v) is 9.72. The molecule has 0 radical (unpaired) electrons. The zero-order valence-electron chi connectivity index (χ0n) is 18.0. The van der Waals surface area contributed by atoms with Gasteiger partial charge in [-0.1, -0.05) is 24.3 Å². The number of nitrogens with zero attached hydrogens (tertiary/aromatic N) is 1. The van der Waals surface area contributed by atoms with Gasteiger partial charge in [0.1, 0.15) is 24.2 Å². The van der Waals surface area contributed by atoms with Gasteiger partial charge in [0.2, 0.25) is 0 Å².